The fraction of sp³-hybridized carbons (Fsp3) is 0.400. The number of hydrogen-bond donors (Lipinski definition) is 1. The minimum absolute atomic E-state index is 0.129. The number of hydrogen-bond acceptors (Lipinski definition) is 9. The predicted molar refractivity (Wildman–Crippen MR) is 125 cm³/mol. The van der Waals surface area contributed by atoms with E-state index in [0.717, 1.165) is 0 Å². The van der Waals surface area contributed by atoms with Gasteiger partial charge in [0, 0.05) is 19.2 Å². The van der Waals surface area contributed by atoms with Gasteiger partial charge in [-0.2, -0.15) is 0 Å². The van der Waals surface area contributed by atoms with Crippen molar-refractivity contribution in [1.82, 2.24) is 10.3 Å². The third-order valence-electron chi connectivity index (χ3n) is 4.92. The smallest absolute Gasteiger partial charge is 0.338 e. The molecule has 0 radical (unpaired) electrons. The molecule has 188 valence electrons. The van der Waals surface area contributed by atoms with Crippen molar-refractivity contribution >= 4 is 23.8 Å². The summed E-state index contributed by atoms with van der Waals surface area (Å²) in [6.07, 6.45) is -0.202. The number of methoxy groups -OCH3 is 1. The van der Waals surface area contributed by atoms with E-state index in [1.54, 1.807) is 37.3 Å². The molecule has 0 saturated heterocycles. The van der Waals surface area contributed by atoms with Crippen LogP contribution in [0.15, 0.2) is 42.6 Å². The number of carbonyl (C=O) groups excluding carboxylic acids is 4. The molecule has 0 saturated carbocycles. The van der Waals surface area contributed by atoms with Crippen molar-refractivity contribution in [3.05, 3.63) is 53.9 Å². The highest BCUT2D eigenvalue weighted by molar-refractivity contribution is 5.98. The number of carbonyl (C=O) groups is 4. The maximum Gasteiger partial charge on any atom is 0.338 e. The molecule has 10 heteroatoms. The van der Waals surface area contributed by atoms with Crippen LogP contribution in [-0.4, -0.2) is 54.2 Å². The van der Waals surface area contributed by atoms with Gasteiger partial charge in [0.25, 0.3) is 5.91 Å². The van der Waals surface area contributed by atoms with Gasteiger partial charge in [0.05, 0.1) is 12.7 Å². The summed E-state index contributed by atoms with van der Waals surface area (Å²) < 4.78 is 21.3. The van der Waals surface area contributed by atoms with Gasteiger partial charge in [-0.3, -0.25) is 9.59 Å². The van der Waals surface area contributed by atoms with Gasteiger partial charge in [0.1, 0.15) is 18.2 Å². The molecular formula is C25H30N2O8. The van der Waals surface area contributed by atoms with Gasteiger partial charge >= 0.3 is 17.9 Å². The number of benzene rings is 1. The summed E-state index contributed by atoms with van der Waals surface area (Å²) in [5.41, 5.74) is 0.149. The topological polar surface area (TPSA) is 130 Å². The van der Waals surface area contributed by atoms with Crippen molar-refractivity contribution in [2.75, 3.05) is 7.11 Å². The number of nitrogens with one attached hydrogen (secondary N) is 1. The van der Waals surface area contributed by atoms with Crippen LogP contribution in [0, 0.1) is 5.92 Å². The second-order valence-electron chi connectivity index (χ2n) is 8.10. The number of pyridine rings is 1. The monoisotopic (exact) mass is 486 g/mol. The quantitative estimate of drug-likeness (QED) is 0.504. The van der Waals surface area contributed by atoms with Crippen LogP contribution in [0.5, 0.6) is 11.5 Å². The zero-order valence-electron chi connectivity index (χ0n) is 20.6. The Balaban J connectivity index is 2.07. The van der Waals surface area contributed by atoms with Crippen molar-refractivity contribution in [1.29, 1.82) is 0 Å². The molecule has 2 rings (SSSR count). The fourth-order valence-electron chi connectivity index (χ4n) is 3.21. The number of nitrogens with zero attached hydrogens (tertiary/aromatic N) is 1. The van der Waals surface area contributed by atoms with Gasteiger partial charge in [-0.05, 0) is 31.9 Å². The number of esters is 3. The van der Waals surface area contributed by atoms with Crippen LogP contribution in [0.1, 0.15) is 55.5 Å². The zero-order valence-corrected chi connectivity index (χ0v) is 20.6. The Morgan fingerprint density at radius 2 is 1.60 bits per heavy atom. The number of ether oxygens (including phenoxy) is 4. The molecule has 1 aromatic heterocycles. The normalized spacial score (nSPS) is 13.2. The third kappa shape index (κ3) is 7.53. The maximum atomic E-state index is 12.8. The van der Waals surface area contributed by atoms with Gasteiger partial charge in [0.2, 0.25) is 5.75 Å². The molecule has 1 heterocycles. The lowest BCUT2D eigenvalue weighted by Gasteiger charge is -2.28. The number of amides is 1. The second kappa shape index (κ2) is 12.5. The van der Waals surface area contributed by atoms with Crippen LogP contribution in [-0.2, 0) is 19.1 Å². The van der Waals surface area contributed by atoms with E-state index in [2.05, 4.69) is 10.3 Å². The van der Waals surface area contributed by atoms with Crippen LogP contribution < -0.4 is 14.8 Å². The van der Waals surface area contributed by atoms with Crippen molar-refractivity contribution in [3.63, 3.8) is 0 Å². The maximum absolute atomic E-state index is 12.8. The van der Waals surface area contributed by atoms with E-state index in [1.807, 2.05) is 13.8 Å². The second-order valence-corrected chi connectivity index (χ2v) is 8.10. The molecule has 0 aliphatic rings. The fourth-order valence-corrected chi connectivity index (χ4v) is 3.21. The molecule has 1 aromatic carbocycles. The molecule has 2 aromatic rings. The van der Waals surface area contributed by atoms with Crippen LogP contribution in [0.4, 0.5) is 0 Å². The lowest BCUT2D eigenvalue weighted by Crippen LogP contribution is -2.44. The van der Waals surface area contributed by atoms with Crippen LogP contribution >= 0.6 is 0 Å². The van der Waals surface area contributed by atoms with E-state index in [1.165, 1.54) is 33.2 Å². The Labute approximate surface area is 203 Å². The van der Waals surface area contributed by atoms with Crippen LogP contribution in [0.2, 0.25) is 0 Å². The lowest BCUT2D eigenvalue weighted by atomic mass is 10.0. The van der Waals surface area contributed by atoms with Crippen molar-refractivity contribution in [2.45, 2.75) is 52.9 Å². The Kier molecular flexibility index (Phi) is 9.74. The summed E-state index contributed by atoms with van der Waals surface area (Å²) in [6, 6.07) is 8.83. The highest BCUT2D eigenvalue weighted by atomic mass is 16.6. The Bertz CT molecular complexity index is 1050. The molecule has 0 unspecified atom stereocenters. The minimum Gasteiger partial charge on any atom is -0.493 e. The molecule has 1 amide bonds. The average Bonchev–Trinajstić information content (AvgIpc) is 2.82. The van der Waals surface area contributed by atoms with Gasteiger partial charge in [-0.1, -0.05) is 32.0 Å². The molecule has 35 heavy (non-hydrogen) atoms. The molecule has 10 nitrogen and oxygen atoms in total. The Hall–Kier alpha value is -3.95. The van der Waals surface area contributed by atoms with E-state index in [0.29, 0.717) is 5.56 Å². The first-order chi connectivity index (χ1) is 16.5. The molecule has 0 fully saturated rings. The van der Waals surface area contributed by atoms with E-state index in [-0.39, 0.29) is 23.1 Å². The molecule has 0 aliphatic carbocycles. The first-order valence-electron chi connectivity index (χ1n) is 11.0. The highest BCUT2D eigenvalue weighted by Gasteiger charge is 2.31. The first kappa shape index (κ1) is 27.3. The van der Waals surface area contributed by atoms with E-state index >= 15 is 0 Å². The van der Waals surface area contributed by atoms with Crippen LogP contribution in [0.3, 0.4) is 0 Å². The SMILES string of the molecule is COc1ccnc(C(=O)N[C@@H](C)C(=O)O[C@@H](C)[C@@H](OC(=O)c2ccccc2)C(C)C)c1OC(C)=O. The Morgan fingerprint density at radius 3 is 2.17 bits per heavy atom. The molecule has 0 spiro atoms. The Morgan fingerprint density at radius 1 is 0.943 bits per heavy atom. The lowest BCUT2D eigenvalue weighted by molar-refractivity contribution is -0.157. The van der Waals surface area contributed by atoms with E-state index in [9.17, 15) is 19.2 Å². The highest BCUT2D eigenvalue weighted by Crippen LogP contribution is 2.29. The molecule has 1 N–H and O–H groups in total. The first-order valence-corrected chi connectivity index (χ1v) is 11.0. The van der Waals surface area contributed by atoms with Crippen molar-refractivity contribution < 1.29 is 38.1 Å². The average molecular weight is 487 g/mol. The van der Waals surface area contributed by atoms with Gasteiger partial charge in [-0.25, -0.2) is 14.6 Å². The van der Waals surface area contributed by atoms with Crippen molar-refractivity contribution in [3.8, 4) is 11.5 Å². The summed E-state index contributed by atoms with van der Waals surface area (Å²) in [6.45, 7) is 7.88. The van der Waals surface area contributed by atoms with Crippen molar-refractivity contribution in [2.24, 2.45) is 5.92 Å². The van der Waals surface area contributed by atoms with Gasteiger partial charge < -0.3 is 24.3 Å². The summed E-state index contributed by atoms with van der Waals surface area (Å²) in [5, 5.41) is 2.47. The molecular weight excluding hydrogens is 456 g/mol. The number of aromatic nitrogens is 1. The summed E-state index contributed by atoms with van der Waals surface area (Å²) in [7, 11) is 1.35. The molecule has 0 aliphatic heterocycles. The third-order valence-corrected chi connectivity index (χ3v) is 4.92. The molecule has 0 bridgehead atoms. The van der Waals surface area contributed by atoms with E-state index in [4.69, 9.17) is 18.9 Å². The number of rotatable bonds is 10. The largest absolute Gasteiger partial charge is 0.493 e. The van der Waals surface area contributed by atoms with Gasteiger partial charge in [-0.15, -0.1) is 0 Å². The molecule has 3 atom stereocenters. The van der Waals surface area contributed by atoms with Crippen LogP contribution in [0.25, 0.3) is 0 Å². The zero-order chi connectivity index (χ0) is 26.1. The summed E-state index contributed by atoms with van der Waals surface area (Å²) >= 11 is 0. The minimum atomic E-state index is -1.08. The van der Waals surface area contributed by atoms with E-state index < -0.39 is 42.1 Å². The predicted octanol–water partition coefficient (Wildman–Crippen LogP) is 2.95. The van der Waals surface area contributed by atoms with Gasteiger partial charge in [0.15, 0.2) is 11.4 Å². The standard InChI is InChI=1S/C25H30N2O8/c1-14(2)21(35-25(31)18-10-8-7-9-11-18)16(4)33-24(30)15(3)27-23(29)20-22(34-17(5)28)19(32-6)12-13-26-20/h7-16,21H,1-6H3,(H,27,29)/t15-,16-,21-/m0/s1. The summed E-state index contributed by atoms with van der Waals surface area (Å²) in [4.78, 5) is 53.3. The summed E-state index contributed by atoms with van der Waals surface area (Å²) in [5.74, 6) is -2.90.